The highest BCUT2D eigenvalue weighted by Crippen LogP contribution is 2.20. The van der Waals surface area contributed by atoms with Gasteiger partial charge in [0.15, 0.2) is 0 Å². The van der Waals surface area contributed by atoms with Crippen LogP contribution in [0, 0.1) is 5.92 Å². The maximum Gasteiger partial charge on any atom is 0.253 e. The first kappa shape index (κ1) is 18.7. The summed E-state index contributed by atoms with van der Waals surface area (Å²) < 4.78 is 0. The molecule has 2 fully saturated rings. The molecule has 0 aliphatic carbocycles. The minimum absolute atomic E-state index is 0. The van der Waals surface area contributed by atoms with Crippen LogP contribution in [0.3, 0.4) is 0 Å². The summed E-state index contributed by atoms with van der Waals surface area (Å²) in [6, 6.07) is 7.65. The van der Waals surface area contributed by atoms with Crippen molar-refractivity contribution < 1.29 is 9.59 Å². The zero-order valence-electron chi connectivity index (χ0n) is 14.1. The van der Waals surface area contributed by atoms with Crippen molar-refractivity contribution >= 4 is 29.9 Å². The van der Waals surface area contributed by atoms with Gasteiger partial charge in [-0.05, 0) is 63.4 Å². The van der Waals surface area contributed by atoms with E-state index in [0.29, 0.717) is 11.6 Å². The summed E-state index contributed by atoms with van der Waals surface area (Å²) in [6.45, 7) is 4.71. The summed E-state index contributed by atoms with van der Waals surface area (Å²) in [5.41, 5.74) is 1.46. The number of anilines is 1. The highest BCUT2D eigenvalue weighted by atomic mass is 35.5. The molecule has 132 valence electrons. The number of nitrogens with zero attached hydrogens (tertiary/aromatic N) is 1. The summed E-state index contributed by atoms with van der Waals surface area (Å²) in [5.74, 6) is 0.238. The molecule has 1 aromatic rings. The van der Waals surface area contributed by atoms with Crippen LogP contribution in [0.25, 0.3) is 0 Å². The normalized spacial score (nSPS) is 23.5. The molecular formula is C18H26ClN3O2. The zero-order chi connectivity index (χ0) is 16.2. The molecule has 2 aliphatic rings. The number of halogens is 1. The fourth-order valence-corrected chi connectivity index (χ4v) is 3.41. The van der Waals surface area contributed by atoms with E-state index < -0.39 is 0 Å². The Labute approximate surface area is 149 Å². The molecule has 24 heavy (non-hydrogen) atoms. The molecule has 2 aliphatic heterocycles. The van der Waals surface area contributed by atoms with E-state index in [1.807, 2.05) is 17.0 Å². The molecule has 0 unspecified atom stereocenters. The molecule has 2 N–H and O–H groups in total. The van der Waals surface area contributed by atoms with Crippen LogP contribution in [0.5, 0.6) is 0 Å². The number of benzene rings is 1. The van der Waals surface area contributed by atoms with Crippen LogP contribution in [-0.4, -0.2) is 42.4 Å². The minimum atomic E-state index is 0. The lowest BCUT2D eigenvalue weighted by atomic mass is 9.92. The molecule has 1 aromatic carbocycles. The molecule has 2 atom stereocenters. The topological polar surface area (TPSA) is 61.4 Å². The Morgan fingerprint density at radius 2 is 1.83 bits per heavy atom. The number of carbonyl (C=O) groups excluding carboxylic acids is 2. The smallest absolute Gasteiger partial charge is 0.253 e. The standard InChI is InChI=1S/C18H25N3O2.ClH/c1-13-12-15(8-9-19-13)17(22)20-16-6-4-14(5-7-16)18(23)21-10-2-3-11-21;/h4-7,13,15,19H,2-3,8-12H2,1H3,(H,20,22);1H/t13-,15-;/m0./s1. The summed E-state index contributed by atoms with van der Waals surface area (Å²) >= 11 is 0. The molecule has 0 radical (unpaired) electrons. The molecular weight excluding hydrogens is 326 g/mol. The van der Waals surface area contributed by atoms with Gasteiger partial charge in [-0.1, -0.05) is 0 Å². The molecule has 0 spiro atoms. The fraction of sp³-hybridized carbons (Fsp3) is 0.556. The minimum Gasteiger partial charge on any atom is -0.339 e. The van der Waals surface area contributed by atoms with Gasteiger partial charge in [-0.15, -0.1) is 12.4 Å². The largest absolute Gasteiger partial charge is 0.339 e. The van der Waals surface area contributed by atoms with Crippen LogP contribution < -0.4 is 10.6 Å². The van der Waals surface area contributed by atoms with E-state index in [1.165, 1.54) is 0 Å². The SMILES string of the molecule is C[C@H]1C[C@@H](C(=O)Nc2ccc(C(=O)N3CCCC3)cc2)CCN1.Cl. The summed E-state index contributed by atoms with van der Waals surface area (Å²) in [5, 5.41) is 6.33. The Hall–Kier alpha value is -1.59. The Morgan fingerprint density at radius 3 is 2.46 bits per heavy atom. The van der Waals surface area contributed by atoms with E-state index >= 15 is 0 Å². The van der Waals surface area contributed by atoms with Gasteiger partial charge in [0.2, 0.25) is 5.91 Å². The second-order valence-electron chi connectivity index (χ2n) is 6.64. The first-order valence-electron chi connectivity index (χ1n) is 8.57. The molecule has 2 heterocycles. The van der Waals surface area contributed by atoms with Crippen molar-refractivity contribution in [3.8, 4) is 0 Å². The lowest BCUT2D eigenvalue weighted by Crippen LogP contribution is -2.40. The van der Waals surface area contributed by atoms with Crippen molar-refractivity contribution in [1.29, 1.82) is 0 Å². The van der Waals surface area contributed by atoms with Gasteiger partial charge < -0.3 is 15.5 Å². The predicted molar refractivity (Wildman–Crippen MR) is 97.6 cm³/mol. The van der Waals surface area contributed by atoms with Crippen molar-refractivity contribution in [2.24, 2.45) is 5.92 Å². The lowest BCUT2D eigenvalue weighted by Gasteiger charge is -2.27. The molecule has 6 heteroatoms. The first-order chi connectivity index (χ1) is 11.1. The highest BCUT2D eigenvalue weighted by Gasteiger charge is 2.25. The molecule has 0 bridgehead atoms. The maximum atomic E-state index is 12.3. The molecule has 0 aromatic heterocycles. The van der Waals surface area contributed by atoms with Gasteiger partial charge >= 0.3 is 0 Å². The third kappa shape index (κ3) is 4.48. The Bertz CT molecular complexity index is 570. The fourth-order valence-electron chi connectivity index (χ4n) is 3.41. The number of rotatable bonds is 3. The molecule has 5 nitrogen and oxygen atoms in total. The van der Waals surface area contributed by atoms with Crippen LogP contribution in [0.1, 0.15) is 43.0 Å². The predicted octanol–water partition coefficient (Wildman–Crippen LogP) is 2.67. The van der Waals surface area contributed by atoms with E-state index in [0.717, 1.165) is 51.0 Å². The summed E-state index contributed by atoms with van der Waals surface area (Å²) in [7, 11) is 0. The van der Waals surface area contributed by atoms with Crippen molar-refractivity contribution in [1.82, 2.24) is 10.2 Å². The van der Waals surface area contributed by atoms with Crippen LogP contribution in [0.2, 0.25) is 0 Å². The van der Waals surface area contributed by atoms with E-state index in [2.05, 4.69) is 17.6 Å². The van der Waals surface area contributed by atoms with Crippen molar-refractivity contribution in [2.45, 2.75) is 38.6 Å². The van der Waals surface area contributed by atoms with Gasteiger partial charge in [0.25, 0.3) is 5.91 Å². The second kappa shape index (κ2) is 8.49. The van der Waals surface area contributed by atoms with Crippen molar-refractivity contribution in [2.75, 3.05) is 25.0 Å². The van der Waals surface area contributed by atoms with E-state index in [-0.39, 0.29) is 30.1 Å². The van der Waals surface area contributed by atoms with E-state index in [9.17, 15) is 9.59 Å². The molecule has 0 saturated carbocycles. The number of nitrogens with one attached hydrogen (secondary N) is 2. The quantitative estimate of drug-likeness (QED) is 0.880. The van der Waals surface area contributed by atoms with Gasteiger partial charge in [-0.2, -0.15) is 0 Å². The van der Waals surface area contributed by atoms with Gasteiger partial charge in [0.1, 0.15) is 0 Å². The molecule has 3 rings (SSSR count). The zero-order valence-corrected chi connectivity index (χ0v) is 14.9. The van der Waals surface area contributed by atoms with Gasteiger partial charge in [-0.3, -0.25) is 9.59 Å². The lowest BCUT2D eigenvalue weighted by molar-refractivity contribution is -0.120. The van der Waals surface area contributed by atoms with Crippen LogP contribution >= 0.6 is 12.4 Å². The van der Waals surface area contributed by atoms with Gasteiger partial charge in [-0.25, -0.2) is 0 Å². The van der Waals surface area contributed by atoms with Crippen LogP contribution in [0.4, 0.5) is 5.69 Å². The van der Waals surface area contributed by atoms with Crippen LogP contribution in [-0.2, 0) is 4.79 Å². The maximum absolute atomic E-state index is 12.3. The third-order valence-corrected chi connectivity index (χ3v) is 4.79. The Morgan fingerprint density at radius 1 is 1.17 bits per heavy atom. The van der Waals surface area contributed by atoms with Gasteiger partial charge in [0.05, 0.1) is 0 Å². The first-order valence-corrected chi connectivity index (χ1v) is 8.57. The summed E-state index contributed by atoms with van der Waals surface area (Å²) in [4.78, 5) is 26.5. The monoisotopic (exact) mass is 351 g/mol. The molecule has 2 saturated heterocycles. The van der Waals surface area contributed by atoms with E-state index in [1.54, 1.807) is 12.1 Å². The highest BCUT2D eigenvalue weighted by molar-refractivity contribution is 5.96. The Balaban J connectivity index is 0.00000208. The number of amides is 2. The van der Waals surface area contributed by atoms with Crippen molar-refractivity contribution in [3.63, 3.8) is 0 Å². The van der Waals surface area contributed by atoms with Crippen LogP contribution in [0.15, 0.2) is 24.3 Å². The third-order valence-electron chi connectivity index (χ3n) is 4.79. The number of carbonyl (C=O) groups is 2. The number of hydrogen-bond donors (Lipinski definition) is 2. The second-order valence-corrected chi connectivity index (χ2v) is 6.64. The summed E-state index contributed by atoms with van der Waals surface area (Å²) in [6.07, 6.45) is 3.93. The number of likely N-dealkylation sites (tertiary alicyclic amines) is 1. The Kier molecular flexibility index (Phi) is 6.63. The van der Waals surface area contributed by atoms with Gasteiger partial charge in [0, 0.05) is 36.3 Å². The number of piperidine rings is 1. The van der Waals surface area contributed by atoms with Crippen molar-refractivity contribution in [3.05, 3.63) is 29.8 Å². The average molecular weight is 352 g/mol. The average Bonchev–Trinajstić information content (AvgIpc) is 3.09. The molecule has 2 amide bonds. The van der Waals surface area contributed by atoms with E-state index in [4.69, 9.17) is 0 Å². The number of hydrogen-bond acceptors (Lipinski definition) is 3.